The van der Waals surface area contributed by atoms with Crippen LogP contribution in [0.25, 0.3) is 0 Å². The van der Waals surface area contributed by atoms with Crippen molar-refractivity contribution in [3.63, 3.8) is 0 Å². The molecule has 0 aliphatic rings. The standard InChI is InChI=1S/C9H10O.H4NO3P/c1-2-5-8-6-3-4-7-9(8)10;1-5(2,3)4/h2-4,6-7,10H,1,5H2;(H4,1,2,3,4). The summed E-state index contributed by atoms with van der Waals surface area (Å²) in [6.07, 6.45) is 2.50. The van der Waals surface area contributed by atoms with E-state index in [1.165, 1.54) is 0 Å². The summed E-state index contributed by atoms with van der Waals surface area (Å²) in [5, 5.41) is 9.19. The molecule has 84 valence electrons. The minimum Gasteiger partial charge on any atom is -0.508 e. The van der Waals surface area contributed by atoms with Crippen molar-refractivity contribution in [2.75, 3.05) is 0 Å². The number of phenols is 1. The van der Waals surface area contributed by atoms with Crippen LogP contribution >= 0.6 is 7.75 Å². The van der Waals surface area contributed by atoms with E-state index >= 15 is 0 Å². The zero-order valence-electron chi connectivity index (χ0n) is 8.08. The largest absolute Gasteiger partial charge is 0.508 e. The third kappa shape index (κ3) is 9.18. The molecule has 0 bridgehead atoms. The fraction of sp³-hybridized carbons (Fsp3) is 0.111. The third-order valence-corrected chi connectivity index (χ3v) is 1.36. The molecule has 0 saturated carbocycles. The Kier molecular flexibility index (Phi) is 5.89. The molecule has 0 fully saturated rings. The van der Waals surface area contributed by atoms with Crippen molar-refractivity contribution in [2.45, 2.75) is 6.42 Å². The van der Waals surface area contributed by atoms with E-state index in [-0.39, 0.29) is 0 Å². The second-order valence-corrected chi connectivity index (χ2v) is 3.89. The summed E-state index contributed by atoms with van der Waals surface area (Å²) in [6, 6.07) is 7.27. The van der Waals surface area contributed by atoms with Crippen molar-refractivity contribution in [2.24, 2.45) is 5.50 Å². The molecule has 1 aromatic carbocycles. The van der Waals surface area contributed by atoms with E-state index in [0.29, 0.717) is 5.75 Å². The highest BCUT2D eigenvalue weighted by molar-refractivity contribution is 7.49. The van der Waals surface area contributed by atoms with Crippen LogP contribution in [-0.4, -0.2) is 14.9 Å². The molecule has 0 radical (unpaired) electrons. The average Bonchev–Trinajstić information content (AvgIpc) is 2.06. The highest BCUT2D eigenvalue weighted by atomic mass is 31.2. The van der Waals surface area contributed by atoms with Crippen LogP contribution in [-0.2, 0) is 11.0 Å². The van der Waals surface area contributed by atoms with E-state index in [1.807, 2.05) is 18.2 Å². The topological polar surface area (TPSA) is 104 Å². The first kappa shape index (κ1) is 13.9. The lowest BCUT2D eigenvalue weighted by atomic mass is 10.1. The first-order chi connectivity index (χ1) is 6.84. The summed E-state index contributed by atoms with van der Waals surface area (Å²) in [6.45, 7) is 3.59. The number of rotatable bonds is 2. The van der Waals surface area contributed by atoms with Gasteiger partial charge in [0.1, 0.15) is 5.75 Å². The van der Waals surface area contributed by atoms with Crippen LogP contribution in [0.5, 0.6) is 5.75 Å². The van der Waals surface area contributed by atoms with Gasteiger partial charge in [0.2, 0.25) is 0 Å². The maximum Gasteiger partial charge on any atom is 0.397 e. The quantitative estimate of drug-likeness (QED) is 0.451. The Balaban J connectivity index is 0.000000336. The smallest absolute Gasteiger partial charge is 0.397 e. The minimum atomic E-state index is -4.14. The number of hydrogen-bond acceptors (Lipinski definition) is 2. The van der Waals surface area contributed by atoms with Crippen LogP contribution in [0.2, 0.25) is 0 Å². The summed E-state index contributed by atoms with van der Waals surface area (Å²) >= 11 is 0. The van der Waals surface area contributed by atoms with Crippen molar-refractivity contribution < 1.29 is 19.5 Å². The molecule has 15 heavy (non-hydrogen) atoms. The van der Waals surface area contributed by atoms with Gasteiger partial charge in [0.05, 0.1) is 0 Å². The summed E-state index contributed by atoms with van der Waals surface area (Å²) in [7, 11) is -4.14. The Morgan fingerprint density at radius 3 is 2.27 bits per heavy atom. The van der Waals surface area contributed by atoms with E-state index in [0.717, 1.165) is 12.0 Å². The number of hydrogen-bond donors (Lipinski definition) is 4. The van der Waals surface area contributed by atoms with E-state index in [9.17, 15) is 5.11 Å². The molecule has 0 aliphatic heterocycles. The molecule has 0 amide bonds. The lowest BCUT2D eigenvalue weighted by Gasteiger charge is -1.97. The highest BCUT2D eigenvalue weighted by Gasteiger charge is 1.96. The maximum atomic E-state index is 9.19. The predicted octanol–water partition coefficient (Wildman–Crippen LogP) is 1.16. The van der Waals surface area contributed by atoms with Gasteiger partial charge in [-0.05, 0) is 18.1 Å². The van der Waals surface area contributed by atoms with Gasteiger partial charge in [-0.3, -0.25) is 0 Å². The van der Waals surface area contributed by atoms with Crippen LogP contribution in [0.4, 0.5) is 0 Å². The number of benzene rings is 1. The first-order valence-corrected chi connectivity index (χ1v) is 5.74. The zero-order valence-corrected chi connectivity index (χ0v) is 8.97. The van der Waals surface area contributed by atoms with Crippen molar-refractivity contribution in [3.8, 4) is 5.75 Å². The Morgan fingerprint density at radius 1 is 1.40 bits per heavy atom. The van der Waals surface area contributed by atoms with Gasteiger partial charge >= 0.3 is 7.75 Å². The Hall–Kier alpha value is -1.13. The summed E-state index contributed by atoms with van der Waals surface area (Å²) in [4.78, 5) is 14.8. The molecule has 0 atom stereocenters. The SMILES string of the molecule is C=CCc1ccccc1O.NP(=O)(O)O. The summed E-state index contributed by atoms with van der Waals surface area (Å²) < 4.78 is 9.10. The van der Waals surface area contributed by atoms with Crippen molar-refractivity contribution >= 4 is 7.75 Å². The Bertz CT molecular complexity index is 353. The third-order valence-electron chi connectivity index (χ3n) is 1.36. The number of phenolic OH excluding ortho intramolecular Hbond substituents is 1. The Morgan fingerprint density at radius 2 is 1.87 bits per heavy atom. The normalized spacial score (nSPS) is 10.1. The summed E-state index contributed by atoms with van der Waals surface area (Å²) in [5.74, 6) is 0.349. The molecule has 0 heterocycles. The van der Waals surface area contributed by atoms with Gasteiger partial charge in [-0.25, -0.2) is 10.1 Å². The van der Waals surface area contributed by atoms with Gasteiger partial charge in [0.15, 0.2) is 0 Å². The highest BCUT2D eigenvalue weighted by Crippen LogP contribution is 2.20. The van der Waals surface area contributed by atoms with Crippen molar-refractivity contribution in [3.05, 3.63) is 42.5 Å². The lowest BCUT2D eigenvalue weighted by molar-refractivity contribution is 0.374. The zero-order chi connectivity index (χ0) is 11.9. The fourth-order valence-corrected chi connectivity index (χ4v) is 0.839. The van der Waals surface area contributed by atoms with Gasteiger partial charge in [-0.2, -0.15) is 0 Å². The monoisotopic (exact) mass is 231 g/mol. The van der Waals surface area contributed by atoms with Crippen molar-refractivity contribution in [1.82, 2.24) is 0 Å². The molecule has 0 spiro atoms. The van der Waals surface area contributed by atoms with Gasteiger partial charge in [0.25, 0.3) is 0 Å². The van der Waals surface area contributed by atoms with Gasteiger partial charge in [-0.1, -0.05) is 24.3 Å². The number of aromatic hydroxyl groups is 1. The average molecular weight is 231 g/mol. The molecular weight excluding hydrogens is 217 g/mol. The van der Waals surface area contributed by atoms with Gasteiger partial charge in [0, 0.05) is 0 Å². The fourth-order valence-electron chi connectivity index (χ4n) is 0.839. The molecule has 0 aliphatic carbocycles. The van der Waals surface area contributed by atoms with Crippen LogP contribution in [0.1, 0.15) is 5.56 Å². The molecule has 5 N–H and O–H groups in total. The van der Waals surface area contributed by atoms with E-state index in [4.69, 9.17) is 14.4 Å². The molecule has 0 unspecified atom stereocenters. The van der Waals surface area contributed by atoms with Crippen LogP contribution in [0.3, 0.4) is 0 Å². The summed E-state index contributed by atoms with van der Waals surface area (Å²) in [5.41, 5.74) is 4.95. The molecule has 5 nitrogen and oxygen atoms in total. The van der Waals surface area contributed by atoms with E-state index in [1.54, 1.807) is 12.1 Å². The molecule has 1 aromatic rings. The van der Waals surface area contributed by atoms with E-state index < -0.39 is 7.75 Å². The molecule has 1 rings (SSSR count). The minimum absolute atomic E-state index is 0.349. The van der Waals surface area contributed by atoms with Crippen LogP contribution in [0, 0.1) is 0 Å². The van der Waals surface area contributed by atoms with Gasteiger partial charge in [-0.15, -0.1) is 6.58 Å². The van der Waals surface area contributed by atoms with Crippen LogP contribution < -0.4 is 5.50 Å². The molecular formula is C9H14NO4P. The Labute approximate surface area is 88.1 Å². The van der Waals surface area contributed by atoms with Crippen molar-refractivity contribution in [1.29, 1.82) is 0 Å². The van der Waals surface area contributed by atoms with Gasteiger partial charge < -0.3 is 14.9 Å². The van der Waals surface area contributed by atoms with Crippen LogP contribution in [0.15, 0.2) is 36.9 Å². The van der Waals surface area contributed by atoms with E-state index in [2.05, 4.69) is 12.1 Å². The maximum absolute atomic E-state index is 9.19. The number of para-hydroxylation sites is 1. The molecule has 0 aromatic heterocycles. The first-order valence-electron chi connectivity index (χ1n) is 4.06. The number of nitrogens with two attached hydrogens (primary N) is 1. The molecule has 0 saturated heterocycles. The lowest BCUT2D eigenvalue weighted by Crippen LogP contribution is -1.87. The second kappa shape index (κ2) is 6.37. The molecule has 6 heteroatoms. The second-order valence-electron chi connectivity index (χ2n) is 2.71. The number of allylic oxidation sites excluding steroid dienone is 1. The predicted molar refractivity (Wildman–Crippen MR) is 58.2 cm³/mol.